The van der Waals surface area contributed by atoms with Gasteiger partial charge in [0, 0.05) is 18.3 Å². The SMILES string of the molecule is CCCOc1cncc(C(C)(O)CN)c1. The van der Waals surface area contributed by atoms with Crippen LogP contribution in [0, 0.1) is 0 Å². The van der Waals surface area contributed by atoms with Gasteiger partial charge in [-0.15, -0.1) is 0 Å². The Bertz CT molecular complexity index is 313. The lowest BCUT2D eigenvalue weighted by Crippen LogP contribution is -2.31. The summed E-state index contributed by atoms with van der Waals surface area (Å²) in [6, 6.07) is 1.77. The van der Waals surface area contributed by atoms with Gasteiger partial charge in [-0.2, -0.15) is 0 Å². The van der Waals surface area contributed by atoms with Crippen molar-refractivity contribution in [3.8, 4) is 5.75 Å². The van der Waals surface area contributed by atoms with Crippen molar-refractivity contribution in [1.82, 2.24) is 4.98 Å². The highest BCUT2D eigenvalue weighted by atomic mass is 16.5. The van der Waals surface area contributed by atoms with E-state index in [0.29, 0.717) is 17.9 Å². The number of pyridine rings is 1. The van der Waals surface area contributed by atoms with E-state index in [2.05, 4.69) is 4.98 Å². The Hall–Kier alpha value is -1.13. The third kappa shape index (κ3) is 3.18. The standard InChI is InChI=1S/C11H18N2O2/c1-3-4-15-10-5-9(6-13-7-10)11(2,14)8-12/h5-7,14H,3-4,8,12H2,1-2H3. The molecule has 0 aliphatic rings. The van der Waals surface area contributed by atoms with E-state index in [0.717, 1.165) is 6.42 Å². The Labute approximate surface area is 90.1 Å². The van der Waals surface area contributed by atoms with Gasteiger partial charge >= 0.3 is 0 Å². The molecule has 0 aromatic carbocycles. The van der Waals surface area contributed by atoms with E-state index in [1.807, 2.05) is 6.92 Å². The molecule has 1 unspecified atom stereocenters. The summed E-state index contributed by atoms with van der Waals surface area (Å²) in [5, 5.41) is 9.92. The molecule has 0 bridgehead atoms. The van der Waals surface area contributed by atoms with Gasteiger partial charge in [0.15, 0.2) is 0 Å². The van der Waals surface area contributed by atoms with Gasteiger partial charge < -0.3 is 15.6 Å². The lowest BCUT2D eigenvalue weighted by molar-refractivity contribution is 0.0661. The number of aliphatic hydroxyl groups is 1. The molecule has 0 aliphatic carbocycles. The molecular formula is C11H18N2O2. The van der Waals surface area contributed by atoms with Gasteiger partial charge in [0.05, 0.1) is 12.8 Å². The molecule has 0 spiro atoms. The Kier molecular flexibility index (Phi) is 4.05. The number of hydrogen-bond acceptors (Lipinski definition) is 4. The molecule has 0 amide bonds. The monoisotopic (exact) mass is 210 g/mol. The first-order valence-corrected chi connectivity index (χ1v) is 5.11. The van der Waals surface area contributed by atoms with E-state index in [1.165, 1.54) is 0 Å². The van der Waals surface area contributed by atoms with Crippen molar-refractivity contribution in [2.45, 2.75) is 25.9 Å². The molecule has 0 saturated carbocycles. The molecule has 0 saturated heterocycles. The largest absolute Gasteiger partial charge is 0.492 e. The Morgan fingerprint density at radius 2 is 2.27 bits per heavy atom. The second-order valence-corrected chi connectivity index (χ2v) is 3.74. The first-order chi connectivity index (χ1) is 7.10. The molecule has 1 aromatic heterocycles. The molecule has 84 valence electrons. The summed E-state index contributed by atoms with van der Waals surface area (Å²) in [7, 11) is 0. The number of nitrogens with two attached hydrogens (primary N) is 1. The lowest BCUT2D eigenvalue weighted by atomic mass is 9.98. The average Bonchev–Trinajstić information content (AvgIpc) is 2.27. The van der Waals surface area contributed by atoms with Gasteiger partial charge in [-0.1, -0.05) is 6.92 Å². The molecule has 1 heterocycles. The van der Waals surface area contributed by atoms with Crippen LogP contribution in [0.25, 0.3) is 0 Å². The zero-order valence-electron chi connectivity index (χ0n) is 9.23. The van der Waals surface area contributed by atoms with Crippen LogP contribution in [-0.2, 0) is 5.60 Å². The normalized spacial score (nSPS) is 14.7. The van der Waals surface area contributed by atoms with Gasteiger partial charge in [-0.25, -0.2) is 0 Å². The maximum Gasteiger partial charge on any atom is 0.137 e. The predicted molar refractivity (Wildman–Crippen MR) is 58.6 cm³/mol. The minimum absolute atomic E-state index is 0.159. The van der Waals surface area contributed by atoms with Crippen molar-refractivity contribution in [3.05, 3.63) is 24.0 Å². The van der Waals surface area contributed by atoms with Crippen LogP contribution in [0.1, 0.15) is 25.8 Å². The Morgan fingerprint density at radius 1 is 1.53 bits per heavy atom. The van der Waals surface area contributed by atoms with Gasteiger partial charge in [-0.3, -0.25) is 4.98 Å². The van der Waals surface area contributed by atoms with E-state index in [4.69, 9.17) is 10.5 Å². The third-order valence-corrected chi connectivity index (χ3v) is 2.21. The first kappa shape index (κ1) is 11.9. The molecular weight excluding hydrogens is 192 g/mol. The van der Waals surface area contributed by atoms with Crippen LogP contribution in [-0.4, -0.2) is 23.2 Å². The third-order valence-electron chi connectivity index (χ3n) is 2.21. The van der Waals surface area contributed by atoms with Crippen molar-refractivity contribution >= 4 is 0 Å². The van der Waals surface area contributed by atoms with Crippen molar-refractivity contribution in [2.24, 2.45) is 5.73 Å². The summed E-state index contributed by atoms with van der Waals surface area (Å²) in [6.45, 7) is 4.50. The second kappa shape index (κ2) is 5.09. The number of rotatable bonds is 5. The minimum atomic E-state index is -1.04. The Morgan fingerprint density at radius 3 is 2.87 bits per heavy atom. The molecule has 4 nitrogen and oxygen atoms in total. The molecule has 1 aromatic rings. The van der Waals surface area contributed by atoms with Gasteiger partial charge in [0.25, 0.3) is 0 Å². The summed E-state index contributed by atoms with van der Waals surface area (Å²) < 4.78 is 5.42. The topological polar surface area (TPSA) is 68.4 Å². The highest BCUT2D eigenvalue weighted by Gasteiger charge is 2.21. The quantitative estimate of drug-likeness (QED) is 0.761. The molecule has 1 atom stereocenters. The van der Waals surface area contributed by atoms with Crippen LogP contribution in [0.2, 0.25) is 0 Å². The average molecular weight is 210 g/mol. The number of nitrogens with zero attached hydrogens (tertiary/aromatic N) is 1. The predicted octanol–water partition coefficient (Wildman–Crippen LogP) is 1.04. The van der Waals surface area contributed by atoms with Crippen LogP contribution in [0.15, 0.2) is 18.5 Å². The summed E-state index contributed by atoms with van der Waals surface area (Å²) in [5.41, 5.74) is 5.11. The van der Waals surface area contributed by atoms with Gasteiger partial charge in [0.2, 0.25) is 0 Å². The molecule has 0 fully saturated rings. The second-order valence-electron chi connectivity index (χ2n) is 3.74. The molecule has 0 aliphatic heterocycles. The fourth-order valence-electron chi connectivity index (χ4n) is 1.13. The highest BCUT2D eigenvalue weighted by Crippen LogP contribution is 2.22. The first-order valence-electron chi connectivity index (χ1n) is 5.11. The van der Waals surface area contributed by atoms with Gasteiger partial charge in [-0.05, 0) is 19.4 Å². The van der Waals surface area contributed by atoms with E-state index >= 15 is 0 Å². The van der Waals surface area contributed by atoms with Crippen LogP contribution in [0.5, 0.6) is 5.75 Å². The number of ether oxygens (including phenoxy) is 1. The molecule has 0 radical (unpaired) electrons. The molecule has 1 rings (SSSR count). The van der Waals surface area contributed by atoms with E-state index in [1.54, 1.807) is 25.4 Å². The van der Waals surface area contributed by atoms with E-state index in [9.17, 15) is 5.11 Å². The molecule has 3 N–H and O–H groups in total. The lowest BCUT2D eigenvalue weighted by Gasteiger charge is -2.21. The number of hydrogen-bond donors (Lipinski definition) is 2. The van der Waals surface area contributed by atoms with Crippen molar-refractivity contribution in [1.29, 1.82) is 0 Å². The van der Waals surface area contributed by atoms with Crippen LogP contribution in [0.4, 0.5) is 0 Å². The minimum Gasteiger partial charge on any atom is -0.492 e. The van der Waals surface area contributed by atoms with Gasteiger partial charge in [0.1, 0.15) is 11.4 Å². The maximum absolute atomic E-state index is 9.92. The van der Waals surface area contributed by atoms with E-state index in [-0.39, 0.29) is 6.54 Å². The van der Waals surface area contributed by atoms with Crippen molar-refractivity contribution in [3.63, 3.8) is 0 Å². The van der Waals surface area contributed by atoms with Crippen LogP contribution < -0.4 is 10.5 Å². The fourth-order valence-corrected chi connectivity index (χ4v) is 1.13. The van der Waals surface area contributed by atoms with E-state index < -0.39 is 5.60 Å². The summed E-state index contributed by atoms with van der Waals surface area (Å²) in [6.07, 6.45) is 4.18. The Balaban J connectivity index is 2.82. The fraction of sp³-hybridized carbons (Fsp3) is 0.545. The van der Waals surface area contributed by atoms with Crippen LogP contribution >= 0.6 is 0 Å². The number of aromatic nitrogens is 1. The smallest absolute Gasteiger partial charge is 0.137 e. The van der Waals surface area contributed by atoms with Crippen molar-refractivity contribution < 1.29 is 9.84 Å². The zero-order valence-corrected chi connectivity index (χ0v) is 9.23. The summed E-state index contributed by atoms with van der Waals surface area (Å²) in [4.78, 5) is 4.01. The van der Waals surface area contributed by atoms with Crippen LogP contribution in [0.3, 0.4) is 0 Å². The van der Waals surface area contributed by atoms with Crippen molar-refractivity contribution in [2.75, 3.05) is 13.2 Å². The maximum atomic E-state index is 9.92. The zero-order chi connectivity index (χ0) is 11.3. The summed E-state index contributed by atoms with van der Waals surface area (Å²) >= 11 is 0. The molecule has 4 heteroatoms. The highest BCUT2D eigenvalue weighted by molar-refractivity contribution is 5.27. The molecule has 15 heavy (non-hydrogen) atoms. The summed E-state index contributed by atoms with van der Waals surface area (Å²) in [5.74, 6) is 0.670.